The molecule has 5 heteroatoms. The molecule has 0 atom stereocenters. The third-order valence-corrected chi connectivity index (χ3v) is 3.54. The van der Waals surface area contributed by atoms with E-state index in [0.29, 0.717) is 5.56 Å². The Labute approximate surface area is 141 Å². The summed E-state index contributed by atoms with van der Waals surface area (Å²) in [5.41, 5.74) is 1.60. The molecule has 0 heterocycles. The molecule has 0 saturated carbocycles. The van der Waals surface area contributed by atoms with Gasteiger partial charge in [-0.15, -0.1) is 0 Å². The third-order valence-electron chi connectivity index (χ3n) is 3.54. The van der Waals surface area contributed by atoms with Crippen LogP contribution in [-0.4, -0.2) is 22.2 Å². The van der Waals surface area contributed by atoms with Crippen molar-refractivity contribution in [3.05, 3.63) is 88.1 Å². The van der Waals surface area contributed by atoms with Crippen LogP contribution in [0.1, 0.15) is 29.3 Å². The molecule has 2 rings (SSSR count). The minimum atomic E-state index is -0.479. The molecule has 2 aromatic carbocycles. The number of nitrogens with zero attached hydrogens (tertiary/aromatic N) is 2. The predicted molar refractivity (Wildman–Crippen MR) is 93.7 cm³/mol. The van der Waals surface area contributed by atoms with Crippen LogP contribution in [0.25, 0.3) is 0 Å². The highest BCUT2D eigenvalue weighted by Crippen LogP contribution is 2.13. The Kier molecular flexibility index (Phi) is 6.25. The number of hydrogen-bond acceptors (Lipinski definition) is 4. The molecule has 0 aliphatic carbocycles. The molecular formula is C19H20N2O3. The summed E-state index contributed by atoms with van der Waals surface area (Å²) in [6, 6.07) is 15.7. The first-order valence-electron chi connectivity index (χ1n) is 7.85. The molecule has 5 nitrogen and oxygen atoms in total. The van der Waals surface area contributed by atoms with Crippen molar-refractivity contribution in [1.82, 2.24) is 4.90 Å². The zero-order chi connectivity index (χ0) is 17.4. The summed E-state index contributed by atoms with van der Waals surface area (Å²) in [6.45, 7) is 3.67. The summed E-state index contributed by atoms with van der Waals surface area (Å²) in [4.78, 5) is 24.4. The van der Waals surface area contributed by atoms with Crippen LogP contribution in [0.15, 0.2) is 66.9 Å². The summed E-state index contributed by atoms with van der Waals surface area (Å²) in [6.07, 6.45) is 4.28. The molecular weight excluding hydrogens is 304 g/mol. The van der Waals surface area contributed by atoms with Crippen LogP contribution in [-0.2, 0) is 6.54 Å². The molecule has 0 spiro atoms. The Morgan fingerprint density at radius 3 is 2.38 bits per heavy atom. The molecule has 24 heavy (non-hydrogen) atoms. The van der Waals surface area contributed by atoms with Gasteiger partial charge in [0, 0.05) is 43.1 Å². The first-order chi connectivity index (χ1) is 11.6. The van der Waals surface area contributed by atoms with Crippen molar-refractivity contribution >= 4 is 11.5 Å². The van der Waals surface area contributed by atoms with E-state index in [1.807, 2.05) is 18.2 Å². The summed E-state index contributed by atoms with van der Waals surface area (Å²) in [7, 11) is 0. The zero-order valence-corrected chi connectivity index (χ0v) is 13.6. The van der Waals surface area contributed by atoms with Gasteiger partial charge in [-0.3, -0.25) is 14.9 Å². The maximum absolute atomic E-state index is 12.2. The minimum absolute atomic E-state index is 0.0211. The molecule has 0 saturated heterocycles. The lowest BCUT2D eigenvalue weighted by atomic mass is 10.1. The average Bonchev–Trinajstić information content (AvgIpc) is 2.60. The summed E-state index contributed by atoms with van der Waals surface area (Å²) >= 11 is 0. The molecule has 124 valence electrons. The Bertz CT molecular complexity index is 709. The monoisotopic (exact) mass is 324 g/mol. The molecule has 0 unspecified atom stereocenters. The summed E-state index contributed by atoms with van der Waals surface area (Å²) in [5.74, 6) is -0.168. The zero-order valence-electron chi connectivity index (χ0n) is 13.6. The van der Waals surface area contributed by atoms with E-state index < -0.39 is 4.92 Å². The lowest BCUT2D eigenvalue weighted by molar-refractivity contribution is -0.384. The maximum Gasteiger partial charge on any atom is 0.269 e. The number of carbonyl (C=O) groups is 1. The number of nitro groups is 1. The highest BCUT2D eigenvalue weighted by molar-refractivity contribution is 6.04. The van der Waals surface area contributed by atoms with Gasteiger partial charge in [0.1, 0.15) is 0 Å². The van der Waals surface area contributed by atoms with E-state index in [1.54, 1.807) is 6.20 Å². The van der Waals surface area contributed by atoms with Gasteiger partial charge in [-0.05, 0) is 24.1 Å². The van der Waals surface area contributed by atoms with Gasteiger partial charge in [0.05, 0.1) is 4.92 Å². The van der Waals surface area contributed by atoms with E-state index in [9.17, 15) is 14.9 Å². The van der Waals surface area contributed by atoms with Crippen molar-refractivity contribution < 1.29 is 9.72 Å². The van der Waals surface area contributed by atoms with Crippen molar-refractivity contribution in [3.63, 3.8) is 0 Å². The molecule has 0 amide bonds. The number of nitro benzene ring substituents is 1. The first kappa shape index (κ1) is 17.4. The second-order valence-corrected chi connectivity index (χ2v) is 5.44. The largest absolute Gasteiger partial charge is 0.373 e. The molecule has 0 fully saturated rings. The fourth-order valence-corrected chi connectivity index (χ4v) is 2.33. The Morgan fingerprint density at radius 2 is 1.79 bits per heavy atom. The van der Waals surface area contributed by atoms with Crippen LogP contribution >= 0.6 is 0 Å². The fourth-order valence-electron chi connectivity index (χ4n) is 2.33. The normalized spacial score (nSPS) is 10.7. The van der Waals surface area contributed by atoms with Gasteiger partial charge in [0.25, 0.3) is 5.69 Å². The molecule has 0 radical (unpaired) electrons. The van der Waals surface area contributed by atoms with Crippen LogP contribution in [0, 0.1) is 10.1 Å². The summed E-state index contributed by atoms with van der Waals surface area (Å²) in [5, 5.41) is 10.6. The molecule has 0 aliphatic rings. The van der Waals surface area contributed by atoms with E-state index in [0.717, 1.165) is 19.5 Å². The summed E-state index contributed by atoms with van der Waals surface area (Å²) < 4.78 is 0. The third kappa shape index (κ3) is 5.05. The van der Waals surface area contributed by atoms with Crippen molar-refractivity contribution in [2.24, 2.45) is 0 Å². The number of allylic oxidation sites excluding steroid dienone is 1. The van der Waals surface area contributed by atoms with E-state index in [-0.39, 0.29) is 11.5 Å². The average molecular weight is 324 g/mol. The Hall–Kier alpha value is -2.95. The first-order valence-corrected chi connectivity index (χ1v) is 7.85. The van der Waals surface area contributed by atoms with Crippen molar-refractivity contribution in [2.75, 3.05) is 6.54 Å². The van der Waals surface area contributed by atoms with Crippen LogP contribution in [0.3, 0.4) is 0 Å². The van der Waals surface area contributed by atoms with Crippen LogP contribution in [0.5, 0.6) is 0 Å². The SMILES string of the molecule is CCCN(/C=C\C(=O)c1ccc([N+](=O)[O-])cc1)Cc1ccccc1. The van der Waals surface area contributed by atoms with Crippen molar-refractivity contribution in [2.45, 2.75) is 19.9 Å². The topological polar surface area (TPSA) is 63.5 Å². The van der Waals surface area contributed by atoms with Crippen LogP contribution in [0.4, 0.5) is 5.69 Å². The number of ketones is 1. The van der Waals surface area contributed by atoms with Gasteiger partial charge < -0.3 is 4.90 Å². The number of rotatable bonds is 8. The van der Waals surface area contributed by atoms with Gasteiger partial charge in [-0.2, -0.15) is 0 Å². The minimum Gasteiger partial charge on any atom is -0.373 e. The standard InChI is InChI=1S/C19H20N2O3/c1-2-13-20(15-16-6-4-3-5-7-16)14-12-19(22)17-8-10-18(11-9-17)21(23)24/h3-12,14H,2,13,15H2,1H3/b14-12-. The van der Waals surface area contributed by atoms with Crippen LogP contribution < -0.4 is 0 Å². The molecule has 0 aromatic heterocycles. The molecule has 0 N–H and O–H groups in total. The highest BCUT2D eigenvalue weighted by atomic mass is 16.6. The second-order valence-electron chi connectivity index (χ2n) is 5.44. The van der Waals surface area contributed by atoms with Gasteiger partial charge in [0.2, 0.25) is 0 Å². The van der Waals surface area contributed by atoms with Crippen molar-refractivity contribution in [3.8, 4) is 0 Å². The van der Waals surface area contributed by atoms with Crippen LogP contribution in [0.2, 0.25) is 0 Å². The molecule has 0 bridgehead atoms. The number of carbonyl (C=O) groups excluding carboxylic acids is 1. The van der Waals surface area contributed by atoms with E-state index in [2.05, 4.69) is 24.0 Å². The predicted octanol–water partition coefficient (Wildman–Crippen LogP) is 4.20. The number of non-ortho nitro benzene ring substituents is 1. The Morgan fingerprint density at radius 1 is 1.12 bits per heavy atom. The highest BCUT2D eigenvalue weighted by Gasteiger charge is 2.08. The smallest absolute Gasteiger partial charge is 0.269 e. The van der Waals surface area contributed by atoms with Gasteiger partial charge in [-0.1, -0.05) is 37.3 Å². The quantitative estimate of drug-likeness (QED) is 0.316. The van der Waals surface area contributed by atoms with E-state index in [1.165, 1.54) is 35.9 Å². The van der Waals surface area contributed by atoms with Gasteiger partial charge >= 0.3 is 0 Å². The maximum atomic E-state index is 12.2. The van der Waals surface area contributed by atoms with E-state index >= 15 is 0 Å². The molecule has 2 aromatic rings. The van der Waals surface area contributed by atoms with E-state index in [4.69, 9.17) is 0 Å². The lowest BCUT2D eigenvalue weighted by Crippen LogP contribution is -2.18. The van der Waals surface area contributed by atoms with Gasteiger partial charge in [0.15, 0.2) is 5.78 Å². The van der Waals surface area contributed by atoms with Gasteiger partial charge in [-0.25, -0.2) is 0 Å². The number of benzene rings is 2. The van der Waals surface area contributed by atoms with Crippen molar-refractivity contribution in [1.29, 1.82) is 0 Å². The fraction of sp³-hybridized carbons (Fsp3) is 0.211. The lowest BCUT2D eigenvalue weighted by Gasteiger charge is -2.19. The Balaban J connectivity index is 2.04. The second kappa shape index (κ2) is 8.62. The number of hydrogen-bond donors (Lipinski definition) is 0. The molecule has 0 aliphatic heterocycles.